The van der Waals surface area contributed by atoms with Gasteiger partial charge < -0.3 is 4.90 Å². The van der Waals surface area contributed by atoms with Crippen LogP contribution in [0.5, 0.6) is 0 Å². The van der Waals surface area contributed by atoms with E-state index in [1.807, 2.05) is 0 Å². The average Bonchev–Trinajstić information content (AvgIpc) is 2.48. The minimum Gasteiger partial charge on any atom is -0.371 e. The largest absolute Gasteiger partial charge is 0.371 e. The van der Waals surface area contributed by atoms with Gasteiger partial charge in [-0.1, -0.05) is 50.8 Å². The highest BCUT2D eigenvalue weighted by Gasteiger charge is 2.13. The van der Waals surface area contributed by atoms with Crippen LogP contribution in [0.25, 0.3) is 0 Å². The topological polar surface area (TPSA) is 3.24 Å². The molecule has 1 aliphatic heterocycles. The molecular weight excluding hydrogens is 230 g/mol. The van der Waals surface area contributed by atoms with Gasteiger partial charge in [0.1, 0.15) is 0 Å². The van der Waals surface area contributed by atoms with Gasteiger partial charge in [-0.2, -0.15) is 0 Å². The highest BCUT2D eigenvalue weighted by molar-refractivity contribution is 5.53. The van der Waals surface area contributed by atoms with Crippen LogP contribution in [0.1, 0.15) is 63.9 Å². The second-order valence-corrected chi connectivity index (χ2v) is 5.84. The number of nitrogens with zero attached hydrogens (tertiary/aromatic N) is 1. The van der Waals surface area contributed by atoms with Crippen molar-refractivity contribution in [1.82, 2.24) is 0 Å². The van der Waals surface area contributed by atoms with Crippen LogP contribution >= 0.6 is 0 Å². The molecule has 1 aromatic rings. The molecule has 0 radical (unpaired) electrons. The van der Waals surface area contributed by atoms with E-state index >= 15 is 0 Å². The molecule has 19 heavy (non-hydrogen) atoms. The Morgan fingerprint density at radius 1 is 0.895 bits per heavy atom. The number of rotatable bonds is 7. The molecule has 2 rings (SSSR count). The van der Waals surface area contributed by atoms with E-state index in [2.05, 4.69) is 36.1 Å². The first-order valence-electron chi connectivity index (χ1n) is 8.24. The van der Waals surface area contributed by atoms with Gasteiger partial charge in [-0.25, -0.2) is 0 Å². The van der Waals surface area contributed by atoms with Crippen LogP contribution in [-0.4, -0.2) is 13.1 Å². The minimum absolute atomic E-state index is 1.26. The number of benzene rings is 1. The number of anilines is 1. The zero-order valence-corrected chi connectivity index (χ0v) is 12.5. The molecule has 1 heterocycles. The van der Waals surface area contributed by atoms with Gasteiger partial charge in [-0.3, -0.25) is 0 Å². The summed E-state index contributed by atoms with van der Waals surface area (Å²) in [6, 6.07) is 9.07. The number of para-hydroxylation sites is 1. The van der Waals surface area contributed by atoms with Crippen LogP contribution in [-0.2, 0) is 6.42 Å². The van der Waals surface area contributed by atoms with Crippen molar-refractivity contribution in [2.45, 2.75) is 64.7 Å². The lowest BCUT2D eigenvalue weighted by Gasteiger charge is -2.30. The number of unbranched alkanes of at least 4 members (excludes halogenated alkanes) is 4. The van der Waals surface area contributed by atoms with Crippen molar-refractivity contribution in [3.63, 3.8) is 0 Å². The van der Waals surface area contributed by atoms with Crippen LogP contribution in [0.15, 0.2) is 24.3 Å². The van der Waals surface area contributed by atoms with Crippen LogP contribution in [0.3, 0.4) is 0 Å². The molecule has 1 nitrogen and oxygen atoms in total. The van der Waals surface area contributed by atoms with Gasteiger partial charge in [0.2, 0.25) is 0 Å². The first kappa shape index (κ1) is 14.4. The third-order valence-corrected chi connectivity index (χ3v) is 4.24. The number of hydrogen-bond acceptors (Lipinski definition) is 1. The molecule has 0 spiro atoms. The summed E-state index contributed by atoms with van der Waals surface area (Å²) in [4.78, 5) is 2.60. The Bertz CT molecular complexity index is 352. The normalized spacial score (nSPS) is 15.7. The summed E-state index contributed by atoms with van der Waals surface area (Å²) < 4.78 is 0. The summed E-state index contributed by atoms with van der Waals surface area (Å²) in [7, 11) is 0. The van der Waals surface area contributed by atoms with Crippen molar-refractivity contribution in [1.29, 1.82) is 0 Å². The lowest BCUT2D eigenvalue weighted by molar-refractivity contribution is 0.574. The third-order valence-electron chi connectivity index (χ3n) is 4.24. The number of hydrogen-bond donors (Lipinski definition) is 0. The summed E-state index contributed by atoms with van der Waals surface area (Å²) in [6.45, 7) is 4.80. The predicted molar refractivity (Wildman–Crippen MR) is 85.0 cm³/mol. The molecule has 1 heteroatoms. The van der Waals surface area contributed by atoms with Gasteiger partial charge in [0, 0.05) is 18.8 Å². The Labute approximate surface area is 119 Å². The SMILES string of the molecule is CCCCCCCc1ccccc1N1CCCCC1. The maximum absolute atomic E-state index is 2.60. The van der Waals surface area contributed by atoms with E-state index in [1.54, 1.807) is 5.56 Å². The third kappa shape index (κ3) is 4.56. The monoisotopic (exact) mass is 259 g/mol. The summed E-state index contributed by atoms with van der Waals surface area (Å²) in [6.07, 6.45) is 12.3. The van der Waals surface area contributed by atoms with Crippen molar-refractivity contribution in [3.05, 3.63) is 29.8 Å². The highest BCUT2D eigenvalue weighted by atomic mass is 15.1. The summed E-state index contributed by atoms with van der Waals surface area (Å²) in [5.74, 6) is 0. The Hall–Kier alpha value is -0.980. The van der Waals surface area contributed by atoms with E-state index in [-0.39, 0.29) is 0 Å². The molecule has 0 bridgehead atoms. The van der Waals surface area contributed by atoms with E-state index in [0.29, 0.717) is 0 Å². The quantitative estimate of drug-likeness (QED) is 0.609. The summed E-state index contributed by atoms with van der Waals surface area (Å²) >= 11 is 0. The zero-order valence-electron chi connectivity index (χ0n) is 12.5. The standard InChI is InChI=1S/C18H29N/c1-2-3-4-5-7-12-17-13-8-9-14-18(17)19-15-10-6-11-16-19/h8-9,13-14H,2-7,10-12,15-16H2,1H3. The molecule has 1 fully saturated rings. The fourth-order valence-electron chi connectivity index (χ4n) is 3.08. The van der Waals surface area contributed by atoms with Gasteiger partial charge in [0.15, 0.2) is 0 Å². The number of piperidine rings is 1. The van der Waals surface area contributed by atoms with E-state index in [0.717, 1.165) is 0 Å². The van der Waals surface area contributed by atoms with Crippen LogP contribution < -0.4 is 4.90 Å². The van der Waals surface area contributed by atoms with Gasteiger partial charge >= 0.3 is 0 Å². The Kier molecular flexibility index (Phi) is 6.26. The van der Waals surface area contributed by atoms with E-state index < -0.39 is 0 Å². The fraction of sp³-hybridized carbons (Fsp3) is 0.667. The van der Waals surface area contributed by atoms with Crippen LogP contribution in [0.4, 0.5) is 5.69 Å². The molecule has 1 aliphatic rings. The first-order chi connectivity index (χ1) is 9.42. The second kappa shape index (κ2) is 8.24. The summed E-state index contributed by atoms with van der Waals surface area (Å²) in [5.41, 5.74) is 3.08. The molecule has 0 aliphatic carbocycles. The van der Waals surface area contributed by atoms with Crippen molar-refractivity contribution in [2.75, 3.05) is 18.0 Å². The Balaban J connectivity index is 1.88. The molecule has 1 saturated heterocycles. The maximum atomic E-state index is 2.60. The van der Waals surface area contributed by atoms with Crippen molar-refractivity contribution in [3.8, 4) is 0 Å². The first-order valence-corrected chi connectivity index (χ1v) is 8.24. The molecule has 0 aromatic heterocycles. The Morgan fingerprint density at radius 3 is 2.42 bits per heavy atom. The smallest absolute Gasteiger partial charge is 0.0398 e. The Morgan fingerprint density at radius 2 is 1.63 bits per heavy atom. The minimum atomic E-state index is 1.26. The maximum Gasteiger partial charge on any atom is 0.0398 e. The predicted octanol–water partition coefficient (Wildman–Crippen LogP) is 5.19. The lowest BCUT2D eigenvalue weighted by Crippen LogP contribution is -2.30. The molecule has 106 valence electrons. The van der Waals surface area contributed by atoms with Crippen LogP contribution in [0.2, 0.25) is 0 Å². The van der Waals surface area contributed by atoms with Crippen molar-refractivity contribution in [2.24, 2.45) is 0 Å². The van der Waals surface area contributed by atoms with E-state index in [1.165, 1.54) is 76.6 Å². The molecule has 0 N–H and O–H groups in total. The fourth-order valence-corrected chi connectivity index (χ4v) is 3.08. The molecule has 0 amide bonds. The lowest BCUT2D eigenvalue weighted by atomic mass is 10.0. The molecule has 1 aromatic carbocycles. The van der Waals surface area contributed by atoms with Gasteiger partial charge in [0.05, 0.1) is 0 Å². The molecule has 0 atom stereocenters. The molecule has 0 saturated carbocycles. The molecular formula is C18H29N. The van der Waals surface area contributed by atoms with Gasteiger partial charge in [-0.05, 0) is 43.7 Å². The highest BCUT2D eigenvalue weighted by Crippen LogP contribution is 2.25. The van der Waals surface area contributed by atoms with Crippen molar-refractivity contribution < 1.29 is 0 Å². The average molecular weight is 259 g/mol. The number of aryl methyl sites for hydroxylation is 1. The van der Waals surface area contributed by atoms with Crippen LogP contribution in [0, 0.1) is 0 Å². The van der Waals surface area contributed by atoms with Gasteiger partial charge in [0.25, 0.3) is 0 Å². The van der Waals surface area contributed by atoms with E-state index in [4.69, 9.17) is 0 Å². The van der Waals surface area contributed by atoms with E-state index in [9.17, 15) is 0 Å². The van der Waals surface area contributed by atoms with Gasteiger partial charge in [-0.15, -0.1) is 0 Å². The summed E-state index contributed by atoms with van der Waals surface area (Å²) in [5, 5.41) is 0. The second-order valence-electron chi connectivity index (χ2n) is 5.84. The van der Waals surface area contributed by atoms with Crippen molar-refractivity contribution >= 4 is 5.69 Å². The zero-order chi connectivity index (χ0) is 13.3. The molecule has 0 unspecified atom stereocenters.